The van der Waals surface area contributed by atoms with Crippen molar-refractivity contribution in [1.82, 2.24) is 0 Å². The number of amides is 1. The zero-order valence-corrected chi connectivity index (χ0v) is 16.4. The number of carbonyl (C=O) groups excluding carboxylic acids is 2. The van der Waals surface area contributed by atoms with E-state index in [-0.39, 0.29) is 12.5 Å². The molecule has 2 aromatic rings. The van der Waals surface area contributed by atoms with Gasteiger partial charge in [0, 0.05) is 4.88 Å². The number of rotatable bonds is 7. The lowest BCUT2D eigenvalue weighted by atomic mass is 10.1. The molecule has 0 aliphatic carbocycles. The van der Waals surface area contributed by atoms with Crippen molar-refractivity contribution in [3.8, 4) is 5.75 Å². The average Bonchev–Trinajstić information content (AvgIpc) is 2.92. The summed E-state index contributed by atoms with van der Waals surface area (Å²) in [6.07, 6.45) is -0.686. The molecule has 1 atom stereocenters. The molecular weight excluding hydrogens is 354 g/mol. The molecule has 0 radical (unpaired) electrons. The molecular formula is C19H23NO5S. The minimum atomic E-state index is -0.686. The van der Waals surface area contributed by atoms with Crippen LogP contribution in [0.15, 0.2) is 24.3 Å². The van der Waals surface area contributed by atoms with E-state index in [0.29, 0.717) is 10.6 Å². The molecule has 1 aromatic carbocycles. The Labute approximate surface area is 157 Å². The first kappa shape index (κ1) is 19.9. The monoisotopic (exact) mass is 377 g/mol. The van der Waals surface area contributed by atoms with Crippen LogP contribution in [0.25, 0.3) is 0 Å². The van der Waals surface area contributed by atoms with Crippen LogP contribution < -0.4 is 10.1 Å². The SMILES string of the molecule is COC(=O)c1c(NC(=O)C(C)OCc2cccc(OC)c2)sc(C)c1C. The van der Waals surface area contributed by atoms with Crippen LogP contribution in [-0.4, -0.2) is 32.2 Å². The van der Waals surface area contributed by atoms with E-state index in [1.807, 2.05) is 38.1 Å². The van der Waals surface area contributed by atoms with Gasteiger partial charge in [0.1, 0.15) is 16.9 Å². The second-order valence-corrected chi connectivity index (χ2v) is 7.00. The van der Waals surface area contributed by atoms with E-state index < -0.39 is 12.1 Å². The molecule has 1 unspecified atom stereocenters. The van der Waals surface area contributed by atoms with Gasteiger partial charge < -0.3 is 19.5 Å². The molecule has 1 heterocycles. The third-order valence-electron chi connectivity index (χ3n) is 4.01. The van der Waals surface area contributed by atoms with E-state index in [2.05, 4.69) is 5.32 Å². The third kappa shape index (κ3) is 4.62. The number of benzene rings is 1. The molecule has 2 rings (SSSR count). The predicted octanol–water partition coefficient (Wildman–Crippen LogP) is 3.70. The van der Waals surface area contributed by atoms with Gasteiger partial charge in [0.15, 0.2) is 0 Å². The van der Waals surface area contributed by atoms with Crippen molar-refractivity contribution >= 4 is 28.2 Å². The Bertz CT molecular complexity index is 799. The normalized spacial score (nSPS) is 11.7. The molecule has 1 aromatic heterocycles. The summed E-state index contributed by atoms with van der Waals surface area (Å²) in [6, 6.07) is 7.46. The zero-order chi connectivity index (χ0) is 19.3. The quantitative estimate of drug-likeness (QED) is 0.745. The van der Waals surface area contributed by atoms with Gasteiger partial charge in [-0.15, -0.1) is 11.3 Å². The predicted molar refractivity (Wildman–Crippen MR) is 101 cm³/mol. The summed E-state index contributed by atoms with van der Waals surface area (Å²) in [4.78, 5) is 25.4. The van der Waals surface area contributed by atoms with Crippen molar-refractivity contribution in [2.75, 3.05) is 19.5 Å². The smallest absolute Gasteiger partial charge is 0.341 e. The summed E-state index contributed by atoms with van der Waals surface area (Å²) in [6.45, 7) is 5.67. The van der Waals surface area contributed by atoms with Gasteiger partial charge >= 0.3 is 5.97 Å². The Morgan fingerprint density at radius 2 is 1.96 bits per heavy atom. The minimum absolute atomic E-state index is 0.276. The fourth-order valence-corrected chi connectivity index (χ4v) is 3.39. The van der Waals surface area contributed by atoms with E-state index >= 15 is 0 Å². The molecule has 7 heteroatoms. The molecule has 6 nitrogen and oxygen atoms in total. The molecule has 0 saturated carbocycles. The molecule has 0 spiro atoms. The van der Waals surface area contributed by atoms with Crippen LogP contribution in [0.1, 0.15) is 33.3 Å². The highest BCUT2D eigenvalue weighted by Crippen LogP contribution is 2.33. The van der Waals surface area contributed by atoms with Crippen LogP contribution in [-0.2, 0) is 20.9 Å². The Morgan fingerprint density at radius 3 is 2.62 bits per heavy atom. The molecule has 0 aliphatic rings. The van der Waals surface area contributed by atoms with Crippen molar-refractivity contribution < 1.29 is 23.8 Å². The summed E-state index contributed by atoms with van der Waals surface area (Å²) >= 11 is 1.34. The molecule has 1 N–H and O–H groups in total. The summed E-state index contributed by atoms with van der Waals surface area (Å²) in [5.74, 6) is -0.0538. The number of anilines is 1. The first-order valence-electron chi connectivity index (χ1n) is 8.11. The Hall–Kier alpha value is -2.38. The number of nitrogens with one attached hydrogen (secondary N) is 1. The molecule has 0 aliphatic heterocycles. The number of methoxy groups -OCH3 is 2. The number of carbonyl (C=O) groups is 2. The highest BCUT2D eigenvalue weighted by atomic mass is 32.1. The molecule has 0 bridgehead atoms. The largest absolute Gasteiger partial charge is 0.497 e. The molecule has 140 valence electrons. The van der Waals surface area contributed by atoms with Gasteiger partial charge in [0.05, 0.1) is 26.4 Å². The van der Waals surface area contributed by atoms with Crippen molar-refractivity contribution in [3.63, 3.8) is 0 Å². The van der Waals surface area contributed by atoms with E-state index in [4.69, 9.17) is 14.2 Å². The first-order valence-corrected chi connectivity index (χ1v) is 8.92. The standard InChI is InChI=1S/C19H23NO5S/c1-11-13(3)26-18(16(11)19(22)24-5)20-17(21)12(2)25-10-14-7-6-8-15(9-14)23-4/h6-9,12H,10H2,1-5H3,(H,20,21). The Balaban J connectivity index is 2.03. The lowest BCUT2D eigenvalue weighted by molar-refractivity contribution is -0.127. The zero-order valence-electron chi connectivity index (χ0n) is 15.5. The number of thiophene rings is 1. The molecule has 1 amide bonds. The molecule has 0 saturated heterocycles. The van der Waals surface area contributed by atoms with Crippen molar-refractivity contribution in [2.24, 2.45) is 0 Å². The van der Waals surface area contributed by atoms with Crippen LogP contribution in [0.3, 0.4) is 0 Å². The van der Waals surface area contributed by atoms with Crippen LogP contribution in [0.5, 0.6) is 5.75 Å². The lowest BCUT2D eigenvalue weighted by Gasteiger charge is -2.14. The van der Waals surface area contributed by atoms with E-state index in [1.54, 1.807) is 14.0 Å². The summed E-state index contributed by atoms with van der Waals surface area (Å²) in [5, 5.41) is 3.26. The van der Waals surface area contributed by atoms with Gasteiger partial charge in [-0.25, -0.2) is 4.79 Å². The van der Waals surface area contributed by atoms with Gasteiger partial charge in [-0.2, -0.15) is 0 Å². The maximum atomic E-state index is 12.4. The summed E-state index contributed by atoms with van der Waals surface area (Å²) in [7, 11) is 2.92. The first-order chi connectivity index (χ1) is 12.4. The number of aryl methyl sites for hydroxylation is 1. The van der Waals surface area contributed by atoms with Gasteiger partial charge in [-0.05, 0) is 44.0 Å². The fourth-order valence-electron chi connectivity index (χ4n) is 2.34. The van der Waals surface area contributed by atoms with E-state index in [0.717, 1.165) is 21.8 Å². The number of hydrogen-bond donors (Lipinski definition) is 1. The van der Waals surface area contributed by atoms with Gasteiger partial charge in [0.2, 0.25) is 0 Å². The number of hydrogen-bond acceptors (Lipinski definition) is 6. The Kier molecular flexibility index (Phi) is 6.76. The van der Waals surface area contributed by atoms with Crippen LogP contribution in [0, 0.1) is 13.8 Å². The number of ether oxygens (including phenoxy) is 3. The summed E-state index contributed by atoms with van der Waals surface area (Å²) < 4.78 is 15.6. The van der Waals surface area contributed by atoms with Crippen molar-refractivity contribution in [2.45, 2.75) is 33.5 Å². The highest BCUT2D eigenvalue weighted by Gasteiger charge is 2.23. The maximum absolute atomic E-state index is 12.4. The van der Waals surface area contributed by atoms with E-state index in [1.165, 1.54) is 18.4 Å². The van der Waals surface area contributed by atoms with Crippen molar-refractivity contribution in [1.29, 1.82) is 0 Å². The average molecular weight is 377 g/mol. The lowest BCUT2D eigenvalue weighted by Crippen LogP contribution is -2.28. The van der Waals surface area contributed by atoms with Gasteiger partial charge in [-0.1, -0.05) is 12.1 Å². The van der Waals surface area contributed by atoms with Crippen LogP contribution >= 0.6 is 11.3 Å². The number of esters is 1. The van der Waals surface area contributed by atoms with Crippen LogP contribution in [0.4, 0.5) is 5.00 Å². The Morgan fingerprint density at radius 1 is 1.23 bits per heavy atom. The molecule has 0 fully saturated rings. The summed E-state index contributed by atoms with van der Waals surface area (Å²) in [5.41, 5.74) is 2.10. The third-order valence-corrected chi connectivity index (χ3v) is 5.14. The highest BCUT2D eigenvalue weighted by molar-refractivity contribution is 7.16. The maximum Gasteiger partial charge on any atom is 0.341 e. The van der Waals surface area contributed by atoms with Crippen LogP contribution in [0.2, 0.25) is 0 Å². The van der Waals surface area contributed by atoms with Gasteiger partial charge in [-0.3, -0.25) is 4.79 Å². The second kappa shape index (κ2) is 8.82. The van der Waals surface area contributed by atoms with E-state index in [9.17, 15) is 9.59 Å². The van der Waals surface area contributed by atoms with Gasteiger partial charge in [0.25, 0.3) is 5.91 Å². The molecule has 26 heavy (non-hydrogen) atoms. The minimum Gasteiger partial charge on any atom is -0.497 e. The topological polar surface area (TPSA) is 73.9 Å². The second-order valence-electron chi connectivity index (χ2n) is 5.77. The van der Waals surface area contributed by atoms with Crippen molar-refractivity contribution in [3.05, 3.63) is 45.8 Å². The fraction of sp³-hybridized carbons (Fsp3) is 0.368.